The van der Waals surface area contributed by atoms with Gasteiger partial charge in [-0.3, -0.25) is 14.4 Å². The third-order valence-corrected chi connectivity index (χ3v) is 14.2. The average molecular weight is 940 g/mol. The molecule has 0 amide bonds. The molecule has 2 aliphatic heterocycles. The second kappa shape index (κ2) is 22.4. The second-order valence-electron chi connectivity index (χ2n) is 15.9. The molecule has 0 aliphatic carbocycles. The van der Waals surface area contributed by atoms with E-state index in [4.69, 9.17) is 33.2 Å². The van der Waals surface area contributed by atoms with Crippen LogP contribution in [0.1, 0.15) is 44.7 Å². The highest BCUT2D eigenvalue weighted by Crippen LogP contribution is 2.35. The molecule has 17 nitrogen and oxygen atoms in total. The first-order valence-corrected chi connectivity index (χ1v) is 23.6. The van der Waals surface area contributed by atoms with Gasteiger partial charge in [-0.05, 0) is 69.0 Å². The van der Waals surface area contributed by atoms with Gasteiger partial charge >= 0.3 is 17.9 Å². The summed E-state index contributed by atoms with van der Waals surface area (Å²) in [5.41, 5.74) is 0.891. The van der Waals surface area contributed by atoms with Crippen LogP contribution < -0.4 is 24.3 Å². The first-order chi connectivity index (χ1) is 30.9. The van der Waals surface area contributed by atoms with Gasteiger partial charge in [-0.2, -0.15) is 8.61 Å². The van der Waals surface area contributed by atoms with Gasteiger partial charge < -0.3 is 38.5 Å². The smallest absolute Gasteiger partial charge is 0.326 e. The van der Waals surface area contributed by atoms with E-state index in [1.165, 1.54) is 69.1 Å². The van der Waals surface area contributed by atoms with Crippen LogP contribution in [0.25, 0.3) is 0 Å². The van der Waals surface area contributed by atoms with Gasteiger partial charge in [-0.15, -0.1) is 0 Å². The van der Waals surface area contributed by atoms with Crippen LogP contribution in [0.4, 0.5) is 0 Å². The Morgan fingerprint density at radius 2 is 1.05 bits per heavy atom. The lowest BCUT2D eigenvalue weighted by molar-refractivity contribution is -0.163. The van der Waals surface area contributed by atoms with Crippen molar-refractivity contribution >= 4 is 38.0 Å². The molecular weight excluding hydrogens is 883 g/mol. The maximum absolute atomic E-state index is 13.7. The van der Waals surface area contributed by atoms with Gasteiger partial charge in [-0.25, -0.2) is 16.8 Å². The number of hydrogen-bond donors (Lipinski definition) is 1. The van der Waals surface area contributed by atoms with Crippen LogP contribution in [0.5, 0.6) is 23.0 Å². The van der Waals surface area contributed by atoms with E-state index in [1.807, 2.05) is 48.5 Å². The number of nitrogens with one attached hydrogen (secondary N) is 1. The highest BCUT2D eigenvalue weighted by atomic mass is 32.2. The number of benzene rings is 4. The lowest BCUT2D eigenvalue weighted by atomic mass is 9.92. The van der Waals surface area contributed by atoms with Crippen LogP contribution in [0.2, 0.25) is 0 Å². The minimum atomic E-state index is -4.14. The van der Waals surface area contributed by atoms with Crippen molar-refractivity contribution in [1.82, 2.24) is 13.9 Å². The van der Waals surface area contributed by atoms with Crippen LogP contribution in [0.15, 0.2) is 107 Å². The number of piperidine rings is 1. The molecule has 0 spiro atoms. The van der Waals surface area contributed by atoms with Crippen molar-refractivity contribution in [3.63, 3.8) is 0 Å². The van der Waals surface area contributed by atoms with Crippen LogP contribution in [0.3, 0.4) is 0 Å². The zero-order valence-corrected chi connectivity index (χ0v) is 39.2. The molecule has 0 radical (unpaired) electrons. The molecule has 2 fully saturated rings. The Morgan fingerprint density at radius 1 is 0.600 bits per heavy atom. The Morgan fingerprint density at radius 3 is 1.49 bits per heavy atom. The monoisotopic (exact) mass is 939 g/mol. The fraction of sp³-hybridized carbons (Fsp3) is 0.413. The second-order valence-corrected chi connectivity index (χ2v) is 19.7. The van der Waals surface area contributed by atoms with E-state index in [0.717, 1.165) is 15.4 Å². The molecule has 65 heavy (non-hydrogen) atoms. The summed E-state index contributed by atoms with van der Waals surface area (Å²) < 4.78 is 93.3. The number of ether oxygens (including phenoxy) is 7. The molecule has 352 valence electrons. The van der Waals surface area contributed by atoms with Crippen molar-refractivity contribution in [3.8, 4) is 23.0 Å². The minimum Gasteiger partial charge on any atom is -0.493 e. The van der Waals surface area contributed by atoms with Crippen molar-refractivity contribution in [2.45, 2.75) is 74.3 Å². The van der Waals surface area contributed by atoms with Gasteiger partial charge in [0.05, 0.1) is 44.1 Å². The van der Waals surface area contributed by atoms with Crippen LogP contribution in [-0.2, 0) is 61.9 Å². The van der Waals surface area contributed by atoms with Crippen LogP contribution in [-0.4, -0.2) is 116 Å². The summed E-state index contributed by atoms with van der Waals surface area (Å²) in [7, 11) is -2.31. The van der Waals surface area contributed by atoms with Crippen molar-refractivity contribution < 1.29 is 64.4 Å². The van der Waals surface area contributed by atoms with Gasteiger partial charge in [-0.1, -0.05) is 60.7 Å². The molecule has 0 bridgehead atoms. The predicted molar refractivity (Wildman–Crippen MR) is 238 cm³/mol. The number of carbonyl (C=O) groups excluding carboxylic acids is 3. The topological polar surface area (TPSA) is 203 Å². The predicted octanol–water partition coefficient (Wildman–Crippen LogP) is 4.97. The van der Waals surface area contributed by atoms with Crippen molar-refractivity contribution in [2.24, 2.45) is 5.92 Å². The van der Waals surface area contributed by atoms with E-state index < -0.39 is 61.6 Å². The van der Waals surface area contributed by atoms with Gasteiger partial charge in [0.1, 0.15) is 30.9 Å². The largest absolute Gasteiger partial charge is 0.493 e. The summed E-state index contributed by atoms with van der Waals surface area (Å²) in [4.78, 5) is 38.6. The molecule has 3 atom stereocenters. The van der Waals surface area contributed by atoms with Gasteiger partial charge in [0.25, 0.3) is 0 Å². The quantitative estimate of drug-likeness (QED) is 0.124. The molecule has 1 N–H and O–H groups in total. The number of sulfonamides is 2. The first-order valence-electron chi connectivity index (χ1n) is 20.8. The summed E-state index contributed by atoms with van der Waals surface area (Å²) in [5, 5.41) is 3.06. The summed E-state index contributed by atoms with van der Waals surface area (Å²) in [6, 6.07) is 24.7. The Balaban J connectivity index is 0.000000250. The Hall–Kier alpha value is -5.73. The molecule has 6 rings (SSSR count). The Bertz CT molecular complexity index is 2470. The highest BCUT2D eigenvalue weighted by Gasteiger charge is 2.45. The summed E-state index contributed by atoms with van der Waals surface area (Å²) >= 11 is 0. The van der Waals surface area contributed by atoms with E-state index in [2.05, 4.69) is 5.32 Å². The number of hydrogen-bond acceptors (Lipinski definition) is 15. The first kappa shape index (κ1) is 50.3. The van der Waals surface area contributed by atoms with Crippen molar-refractivity contribution in [2.75, 3.05) is 54.6 Å². The summed E-state index contributed by atoms with van der Waals surface area (Å²) in [6.45, 7) is 6.06. The number of carbonyl (C=O) groups is 3. The Kier molecular flexibility index (Phi) is 17.4. The average Bonchev–Trinajstić information content (AvgIpc) is 3.32. The van der Waals surface area contributed by atoms with E-state index in [0.29, 0.717) is 23.8 Å². The maximum Gasteiger partial charge on any atom is 0.326 e. The molecule has 4 aromatic carbocycles. The molecule has 0 saturated carbocycles. The van der Waals surface area contributed by atoms with Crippen LogP contribution >= 0.6 is 0 Å². The molecule has 3 unspecified atom stereocenters. The summed E-state index contributed by atoms with van der Waals surface area (Å²) in [6.07, 6.45) is 0.166. The number of piperazine rings is 1. The SMILES string of the molecule is COc1ccc(S(=O)(=O)N2CCC(C(=O)OC(C)(C)C)CC2C(=O)OCc2ccccc2)cc1OC.COc1ccc(S(=O)(=O)N2CCNCC2C(=O)OCc2ccccc2)cc1OC. The number of methoxy groups -OCH3 is 4. The standard InChI is InChI=1S/C26H33NO8S.C20H24N2O6S/c1-26(2,3)35-24(28)19-13-14-27(21(15-19)25(29)34-17-18-9-7-6-8-10-18)36(30,31)20-11-12-22(32-4)23(16-20)33-5;1-26-18-9-8-16(12-19(18)27-2)29(24,25)22-11-10-21-13-17(22)20(23)28-14-15-6-4-3-5-7-15/h6-12,16,19,21H,13-15,17H2,1-5H3;3-9,12,17,21H,10-11,13-14H2,1-2H3. The number of rotatable bonds is 15. The lowest BCUT2D eigenvalue weighted by Crippen LogP contribution is -2.57. The minimum absolute atomic E-state index is 0.0163. The molecule has 4 aromatic rings. The van der Waals surface area contributed by atoms with Crippen LogP contribution in [0, 0.1) is 5.92 Å². The highest BCUT2D eigenvalue weighted by molar-refractivity contribution is 7.89. The summed E-state index contributed by atoms with van der Waals surface area (Å²) in [5.74, 6) is -1.09. The fourth-order valence-electron chi connectivity index (χ4n) is 7.09. The third-order valence-electron chi connectivity index (χ3n) is 10.4. The van der Waals surface area contributed by atoms with E-state index in [1.54, 1.807) is 32.9 Å². The molecule has 0 aromatic heterocycles. The molecule has 2 saturated heterocycles. The zero-order valence-electron chi connectivity index (χ0n) is 37.6. The van der Waals surface area contributed by atoms with Crippen molar-refractivity contribution in [1.29, 1.82) is 0 Å². The lowest BCUT2D eigenvalue weighted by Gasteiger charge is -2.37. The van der Waals surface area contributed by atoms with Gasteiger partial charge in [0.15, 0.2) is 23.0 Å². The van der Waals surface area contributed by atoms with E-state index >= 15 is 0 Å². The number of nitrogens with zero attached hydrogens (tertiary/aromatic N) is 2. The van der Waals surface area contributed by atoms with Gasteiger partial charge in [0.2, 0.25) is 20.0 Å². The third kappa shape index (κ3) is 13.0. The Labute approximate surface area is 380 Å². The van der Waals surface area contributed by atoms with Gasteiger partial charge in [0, 0.05) is 38.3 Å². The molecule has 19 heteroatoms. The maximum atomic E-state index is 13.7. The van der Waals surface area contributed by atoms with E-state index in [-0.39, 0.29) is 61.2 Å². The van der Waals surface area contributed by atoms with E-state index in [9.17, 15) is 31.2 Å². The fourth-order valence-corrected chi connectivity index (χ4v) is 10.3. The number of esters is 3. The molecule has 2 heterocycles. The normalized spacial score (nSPS) is 18.2. The molecular formula is C46H57N3O14S2. The molecule has 2 aliphatic rings. The van der Waals surface area contributed by atoms with Crippen molar-refractivity contribution in [3.05, 3.63) is 108 Å². The zero-order chi connectivity index (χ0) is 47.4.